The summed E-state index contributed by atoms with van der Waals surface area (Å²) in [6, 6.07) is 38.7. The Hall–Kier alpha value is -11.2. The molecule has 7 heterocycles. The number of ether oxygens (including phenoxy) is 4. The molecule has 4 aliphatic heterocycles. The number of aromatic amines is 3. The third-order valence-electron chi connectivity index (χ3n) is 23.2. The van der Waals surface area contributed by atoms with Crippen LogP contribution >= 0.6 is 0 Å². The Balaban J connectivity index is 0.000000142. The molecule has 3 aromatic heterocycles. The van der Waals surface area contributed by atoms with E-state index < -0.39 is 100.0 Å². The largest absolute Gasteiger partial charge is 0.573 e. The van der Waals surface area contributed by atoms with Gasteiger partial charge in [-0.2, -0.15) is 57.7 Å². The van der Waals surface area contributed by atoms with Crippen LogP contribution in [0.2, 0.25) is 0 Å². The minimum atomic E-state index is -5.13. The summed E-state index contributed by atoms with van der Waals surface area (Å²) >= 11 is 0. The fraction of sp³-hybridized carbons (Fsp3) is 0.330. The number of fused-ring (bicyclic) bond motifs is 4. The summed E-state index contributed by atoms with van der Waals surface area (Å²) in [5.41, 5.74) is 7.19. The number of rotatable bonds is 15. The molecule has 11 aromatic rings. The van der Waals surface area contributed by atoms with Crippen molar-refractivity contribution in [2.45, 2.75) is 122 Å². The van der Waals surface area contributed by atoms with Crippen LogP contribution in [0, 0.1) is 30.0 Å². The van der Waals surface area contributed by atoms with Crippen LogP contribution in [0.4, 0.5) is 57.1 Å². The molecule has 4 fully saturated rings. The topological polar surface area (TPSA) is 258 Å². The fourth-order valence-electron chi connectivity index (χ4n) is 16.7. The van der Waals surface area contributed by atoms with Gasteiger partial charge in [-0.25, -0.2) is 34.4 Å². The standard InChI is InChI=1S/C23H21F4NO.C22H20F6N2O3S.C22H21N3O4S.C21H21F3N2O4S/c1-14-3-2-4-19-17(14)6-7-18(19)15-9-11-28(12-10-15)22(29)16-5-8-21(24)20(13-16)23(25,26)27;1-33-15-3-5-19-16(11-15)17(12-29-19)13-6-8-30(9-7-13)34(31,32)20-10-14(21(23,24)25)2-4-18(20)22(26,27)28;1-29-22(26)17-4-2-3-5-21(17)30(27,28)25-10-8-16(9-11-25)19-14-24-20-7-6-15(13-23)12-18(19)20;1-29-15-5-6-20-18(12-15)19(13-25-20)14-7-9-26(10-8-14)31(27,28)17-4-2-3-16(11-17)30-21(22,23)24/h2-5,7-8,13,15H,6,9-12H2,1H3;2-5,10-13,29H,6-9H2,1H3;2-7,12,14,16,24H,8-11H2,1H3;2-6,11-14,25H,7-10H2,1H3. The predicted molar refractivity (Wildman–Crippen MR) is 435 cm³/mol. The number of nitrogens with one attached hydrogen (secondary N) is 3. The number of methoxy groups -OCH3 is 3. The highest BCUT2D eigenvalue weighted by molar-refractivity contribution is 7.89. The van der Waals surface area contributed by atoms with E-state index in [0.717, 1.165) is 96.9 Å². The van der Waals surface area contributed by atoms with E-state index in [-0.39, 0.29) is 83.0 Å². The molecule has 0 unspecified atom stereocenters. The number of hydrogen-bond donors (Lipinski definition) is 3. The zero-order valence-electron chi connectivity index (χ0n) is 66.9. The van der Waals surface area contributed by atoms with Crippen molar-refractivity contribution in [2.24, 2.45) is 5.92 Å². The molecule has 20 nitrogen and oxygen atoms in total. The van der Waals surface area contributed by atoms with E-state index >= 15 is 0 Å². The molecule has 0 spiro atoms. The second-order valence-electron chi connectivity index (χ2n) is 30.4. The Kier molecular flexibility index (Phi) is 26.7. The Labute approximate surface area is 705 Å². The molecule has 1 aliphatic carbocycles. The van der Waals surface area contributed by atoms with Crippen LogP contribution in [0.5, 0.6) is 17.2 Å². The SMILES string of the molecule is COC(=O)c1ccccc1S(=O)(=O)N1CCC(c2c[nH]c3ccc(C#N)cc23)CC1.COc1ccc2[nH]cc(C3CCN(S(=O)(=O)c4cc(C(F)(F)F)ccc4C(F)(F)F)CC3)c2c1.COc1ccc2[nH]cc(C3CCN(S(=O)(=O)c4cccc(OC(F)(F)F)c4)CC3)c2c1.Cc1cccc2c1CC=C2C1CCN(C(=O)c2ccc(F)c(C(F)(F)F)c2)CC1. The van der Waals surface area contributed by atoms with E-state index in [1.54, 1.807) is 42.5 Å². The predicted octanol–water partition coefficient (Wildman–Crippen LogP) is 19.5. The van der Waals surface area contributed by atoms with Gasteiger partial charge in [-0.05, 0) is 243 Å². The maximum absolute atomic E-state index is 13.5. The number of nitriles is 1. The van der Waals surface area contributed by atoms with Gasteiger partial charge >= 0.3 is 30.9 Å². The number of aryl methyl sites for hydroxylation is 1. The Morgan fingerprint density at radius 2 is 0.968 bits per heavy atom. The van der Waals surface area contributed by atoms with Crippen molar-refractivity contribution in [3.05, 3.63) is 255 Å². The van der Waals surface area contributed by atoms with Crippen molar-refractivity contribution in [1.29, 1.82) is 5.26 Å². The summed E-state index contributed by atoms with van der Waals surface area (Å²) in [7, 11) is -8.19. The molecule has 3 N–H and O–H groups in total. The molecule has 656 valence electrons. The number of hydrogen-bond acceptors (Lipinski definition) is 13. The van der Waals surface area contributed by atoms with Crippen molar-refractivity contribution >= 4 is 80.2 Å². The first-order valence-corrected chi connectivity index (χ1v) is 43.6. The van der Waals surface area contributed by atoms with E-state index in [9.17, 15) is 97.2 Å². The molecule has 5 aliphatic rings. The number of aromatic nitrogens is 3. The lowest BCUT2D eigenvalue weighted by Gasteiger charge is -2.33. The maximum atomic E-state index is 13.5. The Bertz CT molecular complexity index is 6230. The van der Waals surface area contributed by atoms with Crippen LogP contribution in [0.3, 0.4) is 0 Å². The third kappa shape index (κ3) is 19.8. The number of amides is 1. The average molecular weight is 1790 g/mol. The zero-order chi connectivity index (χ0) is 89.2. The molecular formula is C88H83F13N8O12S3. The minimum absolute atomic E-state index is 0.0268. The van der Waals surface area contributed by atoms with Gasteiger partial charge in [0.25, 0.3) is 5.91 Å². The summed E-state index contributed by atoms with van der Waals surface area (Å²) in [5.74, 6) is -1.10. The molecule has 0 radical (unpaired) electrons. The number of likely N-dealkylation sites (tertiary alicyclic amines) is 1. The van der Waals surface area contributed by atoms with Crippen LogP contribution in [0.25, 0.3) is 38.3 Å². The summed E-state index contributed by atoms with van der Waals surface area (Å²) in [5, 5.41) is 12.1. The van der Waals surface area contributed by atoms with Gasteiger partial charge in [0.2, 0.25) is 30.1 Å². The summed E-state index contributed by atoms with van der Waals surface area (Å²) < 4.78 is 271. The van der Waals surface area contributed by atoms with Gasteiger partial charge in [0, 0.05) is 115 Å². The van der Waals surface area contributed by atoms with Gasteiger partial charge in [0.05, 0.1) is 69.9 Å². The first-order valence-electron chi connectivity index (χ1n) is 39.3. The monoisotopic (exact) mass is 1790 g/mol. The van der Waals surface area contributed by atoms with Crippen LogP contribution < -0.4 is 14.2 Å². The molecule has 124 heavy (non-hydrogen) atoms. The van der Waals surface area contributed by atoms with Gasteiger partial charge in [-0.3, -0.25) is 4.79 Å². The van der Waals surface area contributed by atoms with Crippen molar-refractivity contribution in [1.82, 2.24) is 32.8 Å². The number of carbonyl (C=O) groups is 2. The quantitative estimate of drug-likeness (QED) is 0.0638. The van der Waals surface area contributed by atoms with E-state index in [1.807, 2.05) is 54.9 Å². The summed E-state index contributed by atoms with van der Waals surface area (Å²) in [4.78, 5) is 34.2. The average Bonchev–Trinajstić information content (AvgIpc) is 0.902. The number of nitrogens with zero attached hydrogens (tertiary/aromatic N) is 5. The number of alkyl halides is 12. The summed E-state index contributed by atoms with van der Waals surface area (Å²) in [6.45, 7) is 4.05. The van der Waals surface area contributed by atoms with E-state index in [4.69, 9.17) is 14.2 Å². The van der Waals surface area contributed by atoms with Gasteiger partial charge < -0.3 is 38.8 Å². The van der Waals surface area contributed by atoms with E-state index in [1.165, 1.54) is 69.4 Å². The van der Waals surface area contributed by atoms with E-state index in [0.29, 0.717) is 94.1 Å². The molecule has 0 saturated carbocycles. The highest BCUT2D eigenvalue weighted by Gasteiger charge is 2.44. The molecule has 8 aromatic carbocycles. The number of halogens is 13. The van der Waals surface area contributed by atoms with Crippen LogP contribution in [0.15, 0.2) is 197 Å². The minimum Gasteiger partial charge on any atom is -0.497 e. The van der Waals surface area contributed by atoms with Gasteiger partial charge in [-0.1, -0.05) is 42.5 Å². The third-order valence-corrected chi connectivity index (χ3v) is 29.0. The normalized spacial score (nSPS) is 16.6. The fourth-order valence-corrected chi connectivity index (χ4v) is 21.6. The Morgan fingerprint density at radius 1 is 0.476 bits per heavy atom. The van der Waals surface area contributed by atoms with Gasteiger partial charge in [0.1, 0.15) is 23.1 Å². The molecule has 4 saturated heterocycles. The van der Waals surface area contributed by atoms with Crippen molar-refractivity contribution < 1.29 is 111 Å². The number of allylic oxidation sites excluding steroid dienone is 2. The first kappa shape index (κ1) is 90.5. The molecule has 36 heteroatoms. The lowest BCUT2D eigenvalue weighted by atomic mass is 9.85. The number of carbonyl (C=O) groups excluding carboxylic acids is 2. The van der Waals surface area contributed by atoms with Gasteiger partial charge in [-0.15, -0.1) is 13.2 Å². The van der Waals surface area contributed by atoms with Crippen molar-refractivity contribution in [3.8, 4) is 23.3 Å². The Morgan fingerprint density at radius 3 is 1.47 bits per heavy atom. The number of esters is 1. The smallest absolute Gasteiger partial charge is 0.497 e. The molecule has 0 atom stereocenters. The van der Waals surface area contributed by atoms with Crippen LogP contribution in [-0.4, -0.2) is 150 Å². The second kappa shape index (κ2) is 36.5. The molecule has 0 bridgehead atoms. The highest BCUT2D eigenvalue weighted by Crippen LogP contribution is 2.46. The number of piperidine rings is 4. The maximum Gasteiger partial charge on any atom is 0.573 e. The van der Waals surface area contributed by atoms with Crippen LogP contribution in [-0.2, 0) is 59.8 Å². The zero-order valence-corrected chi connectivity index (χ0v) is 69.4. The lowest BCUT2D eigenvalue weighted by Crippen LogP contribution is -2.38. The first-order chi connectivity index (χ1) is 58.7. The second-order valence-corrected chi connectivity index (χ2v) is 36.2. The molecular weight excluding hydrogens is 1700 g/mol. The lowest BCUT2D eigenvalue weighted by molar-refractivity contribution is -0.274. The van der Waals surface area contributed by atoms with Crippen LogP contribution in [0.1, 0.15) is 145 Å². The molecule has 1 amide bonds. The van der Waals surface area contributed by atoms with Crippen molar-refractivity contribution in [3.63, 3.8) is 0 Å². The summed E-state index contributed by atoms with van der Waals surface area (Å²) in [6.07, 6.45) is -6.33. The number of H-pyrrole nitrogens is 3. The number of sulfonamides is 3. The van der Waals surface area contributed by atoms with E-state index in [2.05, 4.69) is 57.0 Å². The highest BCUT2D eigenvalue weighted by atomic mass is 32.2. The van der Waals surface area contributed by atoms with Gasteiger partial charge in [0.15, 0.2) is 0 Å². The van der Waals surface area contributed by atoms with Crippen molar-refractivity contribution in [2.75, 3.05) is 73.7 Å². The number of benzene rings is 8. The molecule has 16 rings (SSSR count).